The van der Waals surface area contributed by atoms with Gasteiger partial charge in [0.1, 0.15) is 5.82 Å². The van der Waals surface area contributed by atoms with Crippen LogP contribution < -0.4 is 17.0 Å². The van der Waals surface area contributed by atoms with Crippen molar-refractivity contribution in [2.45, 2.75) is 37.5 Å². The summed E-state index contributed by atoms with van der Waals surface area (Å²) in [7, 11) is 0. The van der Waals surface area contributed by atoms with Gasteiger partial charge in [0.25, 0.3) is 0 Å². The second-order valence-corrected chi connectivity index (χ2v) is 5.69. The molecule has 2 aliphatic rings. The van der Waals surface area contributed by atoms with Crippen LogP contribution in [0.5, 0.6) is 0 Å². The van der Waals surface area contributed by atoms with E-state index in [0.29, 0.717) is 11.9 Å². The zero-order valence-electron chi connectivity index (χ0n) is 11.7. The van der Waals surface area contributed by atoms with Gasteiger partial charge >= 0.3 is 0 Å². The lowest BCUT2D eigenvalue weighted by atomic mass is 10.0. The maximum Gasteiger partial charge on any atom is 0.126 e. The van der Waals surface area contributed by atoms with Crippen molar-refractivity contribution >= 4 is 5.82 Å². The summed E-state index contributed by atoms with van der Waals surface area (Å²) >= 11 is 0. The third-order valence-electron chi connectivity index (χ3n) is 4.44. The van der Waals surface area contributed by atoms with Crippen molar-refractivity contribution in [1.29, 1.82) is 0 Å². The minimum Gasteiger partial charge on any atom is -0.383 e. The van der Waals surface area contributed by atoms with E-state index in [-0.39, 0.29) is 12.1 Å². The van der Waals surface area contributed by atoms with Crippen molar-refractivity contribution < 1.29 is 4.74 Å². The lowest BCUT2D eigenvalue weighted by molar-refractivity contribution is -0.0644. The second-order valence-electron chi connectivity index (χ2n) is 5.69. The van der Waals surface area contributed by atoms with Gasteiger partial charge in [0.2, 0.25) is 0 Å². The molecule has 20 heavy (non-hydrogen) atoms. The van der Waals surface area contributed by atoms with E-state index in [4.69, 9.17) is 16.3 Å². The molecule has 5 N–H and O–H groups in total. The van der Waals surface area contributed by atoms with Crippen molar-refractivity contribution in [1.82, 2.24) is 15.3 Å². The zero-order chi connectivity index (χ0) is 13.9. The Bertz CT molecular complexity index is 455. The number of nitrogens with one attached hydrogen (secondary N) is 1. The molecule has 110 valence electrons. The van der Waals surface area contributed by atoms with Gasteiger partial charge in [0, 0.05) is 18.8 Å². The smallest absolute Gasteiger partial charge is 0.126 e. The number of rotatable bonds is 4. The summed E-state index contributed by atoms with van der Waals surface area (Å²) in [6, 6.07) is 4.56. The fourth-order valence-electron chi connectivity index (χ4n) is 3.24. The molecule has 2 fully saturated rings. The first-order valence-electron chi connectivity index (χ1n) is 7.29. The summed E-state index contributed by atoms with van der Waals surface area (Å²) < 4.78 is 6.01. The van der Waals surface area contributed by atoms with Gasteiger partial charge in [-0.25, -0.2) is 4.98 Å². The molecule has 0 aliphatic carbocycles. The number of hydrogen-bond donors (Lipinski definition) is 3. The van der Waals surface area contributed by atoms with E-state index >= 15 is 0 Å². The molecule has 0 aromatic carbocycles. The van der Waals surface area contributed by atoms with E-state index in [1.165, 1.54) is 19.4 Å². The summed E-state index contributed by atoms with van der Waals surface area (Å²) in [5, 5.41) is 0. The van der Waals surface area contributed by atoms with Crippen LogP contribution in [0.25, 0.3) is 0 Å². The monoisotopic (exact) mass is 277 g/mol. The standard InChI is InChI=1S/C14H23N5O/c15-14-10(3-1-5-17-14)7-12(18-16)13-8-19-6-2-4-11(19)9-20-13/h1,3,5,11-13,18H,2,4,6-9,16H2,(H2,15,17). The number of ether oxygens (including phenoxy) is 1. The van der Waals surface area contributed by atoms with Crippen LogP contribution >= 0.6 is 0 Å². The number of nitrogens with two attached hydrogens (primary N) is 2. The number of hydrogen-bond acceptors (Lipinski definition) is 6. The minimum atomic E-state index is 0.0584. The molecular formula is C14H23N5O. The average molecular weight is 277 g/mol. The van der Waals surface area contributed by atoms with Gasteiger partial charge in [0.05, 0.1) is 18.8 Å². The summed E-state index contributed by atoms with van der Waals surface area (Å²) in [6.45, 7) is 2.93. The largest absolute Gasteiger partial charge is 0.383 e. The number of aromatic nitrogens is 1. The van der Waals surface area contributed by atoms with Gasteiger partial charge in [-0.05, 0) is 37.4 Å². The van der Waals surface area contributed by atoms with E-state index < -0.39 is 0 Å². The fraction of sp³-hybridized carbons (Fsp3) is 0.643. The van der Waals surface area contributed by atoms with Crippen molar-refractivity contribution in [2.75, 3.05) is 25.4 Å². The molecule has 0 amide bonds. The number of nitrogens with zero attached hydrogens (tertiary/aromatic N) is 2. The lowest BCUT2D eigenvalue weighted by Crippen LogP contribution is -2.56. The van der Waals surface area contributed by atoms with E-state index in [0.717, 1.165) is 25.1 Å². The highest BCUT2D eigenvalue weighted by Crippen LogP contribution is 2.24. The summed E-state index contributed by atoms with van der Waals surface area (Å²) in [5.41, 5.74) is 9.82. The third-order valence-corrected chi connectivity index (χ3v) is 4.44. The van der Waals surface area contributed by atoms with Crippen LogP contribution in [-0.2, 0) is 11.2 Å². The van der Waals surface area contributed by atoms with E-state index in [1.807, 2.05) is 12.1 Å². The van der Waals surface area contributed by atoms with E-state index in [1.54, 1.807) is 6.20 Å². The first kappa shape index (κ1) is 13.8. The van der Waals surface area contributed by atoms with Crippen LogP contribution in [0.15, 0.2) is 18.3 Å². The SMILES string of the molecule is NNC(Cc1cccnc1N)C1CN2CCCC2CO1. The molecule has 2 saturated heterocycles. The number of anilines is 1. The van der Waals surface area contributed by atoms with E-state index in [2.05, 4.69) is 15.3 Å². The first-order chi connectivity index (χ1) is 9.78. The number of hydrazine groups is 1. The highest BCUT2D eigenvalue weighted by Gasteiger charge is 2.35. The summed E-state index contributed by atoms with van der Waals surface area (Å²) in [6.07, 6.45) is 5.07. The Hall–Kier alpha value is -1.21. The molecular weight excluding hydrogens is 254 g/mol. The first-order valence-corrected chi connectivity index (χ1v) is 7.29. The molecule has 0 saturated carbocycles. The van der Waals surface area contributed by atoms with Crippen LogP contribution in [0.4, 0.5) is 5.82 Å². The van der Waals surface area contributed by atoms with Crippen LogP contribution in [0.2, 0.25) is 0 Å². The third kappa shape index (κ3) is 2.78. The van der Waals surface area contributed by atoms with Crippen LogP contribution in [0, 0.1) is 0 Å². The molecule has 3 atom stereocenters. The molecule has 0 bridgehead atoms. The van der Waals surface area contributed by atoms with Crippen molar-refractivity contribution in [3.8, 4) is 0 Å². The molecule has 3 heterocycles. The normalized spacial score (nSPS) is 28.2. The van der Waals surface area contributed by atoms with Crippen molar-refractivity contribution in [3.63, 3.8) is 0 Å². The molecule has 2 aliphatic heterocycles. The Labute approximate surface area is 119 Å². The minimum absolute atomic E-state index is 0.0584. The zero-order valence-corrected chi connectivity index (χ0v) is 11.7. The molecule has 3 unspecified atom stereocenters. The number of pyridine rings is 1. The Morgan fingerprint density at radius 3 is 3.25 bits per heavy atom. The predicted octanol–water partition coefficient (Wildman–Crippen LogP) is -0.0986. The summed E-state index contributed by atoms with van der Waals surface area (Å²) in [5.74, 6) is 6.30. The van der Waals surface area contributed by atoms with Gasteiger partial charge in [-0.15, -0.1) is 0 Å². The van der Waals surface area contributed by atoms with Crippen LogP contribution in [0.1, 0.15) is 18.4 Å². The van der Waals surface area contributed by atoms with Gasteiger partial charge in [0.15, 0.2) is 0 Å². The molecule has 3 rings (SSSR count). The number of nitrogen functional groups attached to an aromatic ring is 1. The Balaban J connectivity index is 1.66. The van der Waals surface area contributed by atoms with Gasteiger partial charge in [-0.1, -0.05) is 6.07 Å². The molecule has 0 spiro atoms. The predicted molar refractivity (Wildman–Crippen MR) is 77.8 cm³/mol. The average Bonchev–Trinajstić information content (AvgIpc) is 2.94. The maximum atomic E-state index is 6.01. The van der Waals surface area contributed by atoms with Crippen LogP contribution in [-0.4, -0.2) is 47.8 Å². The maximum absolute atomic E-state index is 6.01. The molecule has 1 aromatic rings. The Morgan fingerprint density at radius 2 is 2.45 bits per heavy atom. The fourth-order valence-corrected chi connectivity index (χ4v) is 3.24. The van der Waals surface area contributed by atoms with Crippen molar-refractivity contribution in [2.24, 2.45) is 5.84 Å². The van der Waals surface area contributed by atoms with Crippen molar-refractivity contribution in [3.05, 3.63) is 23.9 Å². The molecule has 6 nitrogen and oxygen atoms in total. The highest BCUT2D eigenvalue weighted by molar-refractivity contribution is 5.39. The highest BCUT2D eigenvalue weighted by atomic mass is 16.5. The molecule has 1 aromatic heterocycles. The second kappa shape index (κ2) is 6.05. The van der Waals surface area contributed by atoms with Gasteiger partial charge in [-0.2, -0.15) is 0 Å². The Morgan fingerprint density at radius 1 is 1.55 bits per heavy atom. The Kier molecular flexibility index (Phi) is 4.16. The lowest BCUT2D eigenvalue weighted by Gasteiger charge is -2.38. The number of morpholine rings is 1. The quantitative estimate of drug-likeness (QED) is 0.526. The van der Waals surface area contributed by atoms with Crippen LogP contribution in [0.3, 0.4) is 0 Å². The van der Waals surface area contributed by atoms with E-state index in [9.17, 15) is 0 Å². The molecule has 6 heteroatoms. The van der Waals surface area contributed by atoms with Gasteiger partial charge < -0.3 is 10.5 Å². The number of fused-ring (bicyclic) bond motifs is 1. The molecule has 0 radical (unpaired) electrons. The summed E-state index contributed by atoms with van der Waals surface area (Å²) in [4.78, 5) is 6.64. The van der Waals surface area contributed by atoms with Gasteiger partial charge in [-0.3, -0.25) is 16.2 Å². The topological polar surface area (TPSA) is 89.4 Å².